The van der Waals surface area contributed by atoms with Crippen LogP contribution in [0.1, 0.15) is 15.9 Å². The molecule has 8 heteroatoms. The minimum Gasteiger partial charge on any atom is -0.316 e. The van der Waals surface area contributed by atoms with Crippen LogP contribution in [0.25, 0.3) is 0 Å². The molecule has 1 N–H and O–H groups in total. The van der Waals surface area contributed by atoms with Gasteiger partial charge in [0.2, 0.25) is 0 Å². The van der Waals surface area contributed by atoms with E-state index in [1.54, 1.807) is 13.0 Å². The summed E-state index contributed by atoms with van der Waals surface area (Å²) in [5, 5.41) is 24.1. The minimum absolute atomic E-state index is 0.0344. The third kappa shape index (κ3) is 3.23. The van der Waals surface area contributed by atoms with Crippen LogP contribution in [0.3, 0.4) is 0 Å². The van der Waals surface area contributed by atoms with Crippen molar-refractivity contribution in [3.63, 3.8) is 0 Å². The molecule has 0 aromatic heterocycles. The van der Waals surface area contributed by atoms with Crippen molar-refractivity contribution in [2.24, 2.45) is 0 Å². The van der Waals surface area contributed by atoms with Gasteiger partial charge in [-0.25, -0.2) is 0 Å². The van der Waals surface area contributed by atoms with Gasteiger partial charge in [0, 0.05) is 23.8 Å². The zero-order valence-corrected chi connectivity index (χ0v) is 11.5. The van der Waals surface area contributed by atoms with Crippen molar-refractivity contribution < 1.29 is 14.6 Å². The maximum Gasteiger partial charge on any atom is 0.293 e. The van der Waals surface area contributed by atoms with E-state index in [2.05, 4.69) is 5.32 Å². The molecule has 8 nitrogen and oxygen atoms in total. The summed E-state index contributed by atoms with van der Waals surface area (Å²) < 4.78 is 0. The lowest BCUT2D eigenvalue weighted by atomic mass is 10.1. The van der Waals surface area contributed by atoms with Gasteiger partial charge in [-0.1, -0.05) is 12.1 Å². The molecule has 0 spiro atoms. The van der Waals surface area contributed by atoms with Crippen LogP contribution in [0.4, 0.5) is 17.1 Å². The van der Waals surface area contributed by atoms with Gasteiger partial charge in [0.25, 0.3) is 17.3 Å². The summed E-state index contributed by atoms with van der Waals surface area (Å²) in [5.74, 6) is -0.657. The molecule has 0 radical (unpaired) electrons. The Hall–Kier alpha value is -3.29. The number of non-ortho nitro benzene ring substituents is 1. The van der Waals surface area contributed by atoms with E-state index in [0.717, 1.165) is 6.07 Å². The van der Waals surface area contributed by atoms with Crippen molar-refractivity contribution in [1.29, 1.82) is 0 Å². The van der Waals surface area contributed by atoms with Crippen LogP contribution in [0.2, 0.25) is 0 Å². The summed E-state index contributed by atoms with van der Waals surface area (Å²) in [7, 11) is 0. The summed E-state index contributed by atoms with van der Waals surface area (Å²) in [6.07, 6.45) is 0. The highest BCUT2D eigenvalue weighted by Gasteiger charge is 2.18. The number of carbonyl (C=O) groups excluding carboxylic acids is 1. The quantitative estimate of drug-likeness (QED) is 0.688. The fourth-order valence-electron chi connectivity index (χ4n) is 1.85. The van der Waals surface area contributed by atoms with Gasteiger partial charge >= 0.3 is 0 Å². The molecule has 0 atom stereocenters. The second kappa shape index (κ2) is 6.00. The zero-order valence-electron chi connectivity index (χ0n) is 11.5. The SMILES string of the molecule is Cc1ccc(NC(=O)c2cccc([N+](=O)[O-])c2)c([N+](=O)[O-])c1. The Morgan fingerprint density at radius 3 is 2.41 bits per heavy atom. The number of amides is 1. The van der Waals surface area contributed by atoms with E-state index < -0.39 is 15.8 Å². The third-order valence-electron chi connectivity index (χ3n) is 2.92. The average Bonchev–Trinajstić information content (AvgIpc) is 2.48. The molecule has 0 heterocycles. The Kier molecular flexibility index (Phi) is 4.12. The number of nitrogens with zero attached hydrogens (tertiary/aromatic N) is 2. The molecule has 2 rings (SSSR count). The molecule has 0 saturated carbocycles. The summed E-state index contributed by atoms with van der Waals surface area (Å²) in [4.78, 5) is 32.6. The van der Waals surface area contributed by atoms with Crippen LogP contribution in [0.5, 0.6) is 0 Å². The number of nitro benzene ring substituents is 2. The van der Waals surface area contributed by atoms with Crippen LogP contribution in [-0.2, 0) is 0 Å². The van der Waals surface area contributed by atoms with Crippen molar-refractivity contribution >= 4 is 23.0 Å². The lowest BCUT2D eigenvalue weighted by molar-refractivity contribution is -0.384. The molecule has 0 aliphatic carbocycles. The number of hydrogen-bond acceptors (Lipinski definition) is 5. The number of rotatable bonds is 4. The van der Waals surface area contributed by atoms with E-state index in [1.807, 2.05) is 0 Å². The number of nitro groups is 2. The van der Waals surface area contributed by atoms with E-state index in [9.17, 15) is 25.0 Å². The Bertz CT molecular complexity index is 773. The number of nitrogens with one attached hydrogen (secondary N) is 1. The van der Waals surface area contributed by atoms with Crippen LogP contribution in [0, 0.1) is 27.2 Å². The first-order chi connectivity index (χ1) is 10.4. The molecule has 0 bridgehead atoms. The molecular weight excluding hydrogens is 290 g/mol. The first-order valence-corrected chi connectivity index (χ1v) is 6.19. The highest BCUT2D eigenvalue weighted by atomic mass is 16.6. The first-order valence-electron chi connectivity index (χ1n) is 6.19. The molecule has 0 unspecified atom stereocenters. The van der Waals surface area contributed by atoms with Crippen LogP contribution in [0.15, 0.2) is 42.5 Å². The lowest BCUT2D eigenvalue weighted by Crippen LogP contribution is -2.13. The Labute approximate surface area is 124 Å². The summed E-state index contributed by atoms with van der Waals surface area (Å²) >= 11 is 0. The normalized spacial score (nSPS) is 10.0. The Balaban J connectivity index is 2.31. The standard InChI is InChI=1S/C14H11N3O5/c1-9-5-6-12(13(7-9)17(21)22)15-14(18)10-3-2-4-11(8-10)16(19)20/h2-8H,1H3,(H,15,18). The highest BCUT2D eigenvalue weighted by Crippen LogP contribution is 2.26. The lowest BCUT2D eigenvalue weighted by Gasteiger charge is -2.06. The molecule has 1 amide bonds. The Morgan fingerprint density at radius 2 is 1.77 bits per heavy atom. The third-order valence-corrected chi connectivity index (χ3v) is 2.92. The number of anilines is 1. The van der Waals surface area contributed by atoms with Crippen molar-refractivity contribution in [3.05, 3.63) is 73.8 Å². The maximum absolute atomic E-state index is 12.1. The molecule has 0 aliphatic rings. The predicted octanol–water partition coefficient (Wildman–Crippen LogP) is 3.06. The monoisotopic (exact) mass is 301 g/mol. The zero-order chi connectivity index (χ0) is 16.3. The largest absolute Gasteiger partial charge is 0.316 e. The predicted molar refractivity (Wildman–Crippen MR) is 78.9 cm³/mol. The fourth-order valence-corrected chi connectivity index (χ4v) is 1.85. The van der Waals surface area contributed by atoms with Gasteiger partial charge in [-0.2, -0.15) is 0 Å². The molecule has 2 aromatic rings. The minimum atomic E-state index is -0.657. The van der Waals surface area contributed by atoms with Crippen molar-refractivity contribution in [3.8, 4) is 0 Å². The number of benzene rings is 2. The summed E-state index contributed by atoms with van der Waals surface area (Å²) in [6.45, 7) is 1.69. The summed E-state index contributed by atoms with van der Waals surface area (Å²) in [6, 6.07) is 9.50. The number of aryl methyl sites for hydroxylation is 1. The van der Waals surface area contributed by atoms with Gasteiger partial charge in [0.1, 0.15) is 5.69 Å². The van der Waals surface area contributed by atoms with E-state index in [4.69, 9.17) is 0 Å². The van der Waals surface area contributed by atoms with Crippen LogP contribution in [-0.4, -0.2) is 15.8 Å². The molecule has 0 saturated heterocycles. The van der Waals surface area contributed by atoms with Crippen LogP contribution < -0.4 is 5.32 Å². The molecular formula is C14H11N3O5. The van der Waals surface area contributed by atoms with E-state index in [1.165, 1.54) is 30.3 Å². The van der Waals surface area contributed by atoms with Crippen LogP contribution >= 0.6 is 0 Å². The van der Waals surface area contributed by atoms with E-state index in [0.29, 0.717) is 5.56 Å². The summed E-state index contributed by atoms with van der Waals surface area (Å²) in [5.41, 5.74) is 0.293. The van der Waals surface area contributed by atoms with Crippen molar-refractivity contribution in [1.82, 2.24) is 0 Å². The topological polar surface area (TPSA) is 115 Å². The van der Waals surface area contributed by atoms with Gasteiger partial charge < -0.3 is 5.32 Å². The van der Waals surface area contributed by atoms with Crippen molar-refractivity contribution in [2.75, 3.05) is 5.32 Å². The maximum atomic E-state index is 12.1. The molecule has 2 aromatic carbocycles. The van der Waals surface area contributed by atoms with Gasteiger partial charge in [-0.15, -0.1) is 0 Å². The smallest absolute Gasteiger partial charge is 0.293 e. The Morgan fingerprint density at radius 1 is 1.05 bits per heavy atom. The van der Waals surface area contributed by atoms with Crippen molar-refractivity contribution in [2.45, 2.75) is 6.92 Å². The number of hydrogen-bond donors (Lipinski definition) is 1. The molecule has 22 heavy (non-hydrogen) atoms. The van der Waals surface area contributed by atoms with E-state index >= 15 is 0 Å². The highest BCUT2D eigenvalue weighted by molar-refractivity contribution is 6.05. The van der Waals surface area contributed by atoms with E-state index in [-0.39, 0.29) is 22.6 Å². The molecule has 0 fully saturated rings. The van der Waals surface area contributed by atoms with Gasteiger partial charge in [-0.3, -0.25) is 25.0 Å². The first kappa shape index (κ1) is 15.1. The second-order valence-corrected chi connectivity index (χ2v) is 4.54. The number of carbonyl (C=O) groups is 1. The average molecular weight is 301 g/mol. The van der Waals surface area contributed by atoms with Gasteiger partial charge in [0.05, 0.1) is 9.85 Å². The second-order valence-electron chi connectivity index (χ2n) is 4.54. The van der Waals surface area contributed by atoms with Gasteiger partial charge in [-0.05, 0) is 24.6 Å². The molecule has 112 valence electrons. The van der Waals surface area contributed by atoms with Gasteiger partial charge in [0.15, 0.2) is 0 Å². The molecule has 0 aliphatic heterocycles. The fraction of sp³-hybridized carbons (Fsp3) is 0.0714.